The summed E-state index contributed by atoms with van der Waals surface area (Å²) in [6.45, 7) is 0. The van der Waals surface area contributed by atoms with Crippen molar-refractivity contribution in [1.29, 1.82) is 0 Å². The second kappa shape index (κ2) is 6.35. The third kappa shape index (κ3) is 3.43. The maximum absolute atomic E-state index is 11.8. The molecule has 0 bridgehead atoms. The Bertz CT molecular complexity index is 564. The Hall–Kier alpha value is -1.62. The first kappa shape index (κ1) is 12.8. The minimum absolute atomic E-state index is 0.00552. The van der Waals surface area contributed by atoms with E-state index in [0.717, 1.165) is 9.26 Å². The summed E-state index contributed by atoms with van der Waals surface area (Å²) in [4.78, 5) is 11.8. The van der Waals surface area contributed by atoms with Gasteiger partial charge in [0, 0.05) is 21.4 Å². The fraction of sp³-hybridized carbons (Fsp3) is 0. The summed E-state index contributed by atoms with van der Waals surface area (Å²) in [6.07, 6.45) is 3.21. The average Bonchev–Trinajstić information content (AvgIpc) is 2.42. The number of carbonyl (C=O) groups is 1. The van der Waals surface area contributed by atoms with Crippen molar-refractivity contribution in [3.63, 3.8) is 0 Å². The van der Waals surface area contributed by atoms with Crippen LogP contribution in [0.15, 0.2) is 66.9 Å². The molecule has 0 aromatic heterocycles. The van der Waals surface area contributed by atoms with Crippen LogP contribution in [0.25, 0.3) is 0 Å². The Balaban J connectivity index is 2.01. The van der Waals surface area contributed by atoms with Crippen LogP contribution in [0, 0.1) is 3.57 Å². The smallest absolute Gasteiger partial charge is 0.187 e. The van der Waals surface area contributed by atoms with Crippen LogP contribution in [0.5, 0.6) is 0 Å². The number of para-hydroxylation sites is 1. The first-order valence-electron chi connectivity index (χ1n) is 5.54. The lowest BCUT2D eigenvalue weighted by Gasteiger charge is -2.02. The van der Waals surface area contributed by atoms with Gasteiger partial charge in [0.2, 0.25) is 0 Å². The molecule has 3 heteroatoms. The predicted octanol–water partition coefficient (Wildman–Crippen LogP) is 4.10. The Labute approximate surface area is 120 Å². The van der Waals surface area contributed by atoms with Crippen molar-refractivity contribution in [1.82, 2.24) is 0 Å². The Morgan fingerprint density at radius 3 is 2.39 bits per heavy atom. The number of ketones is 1. The molecule has 0 unspecified atom stereocenters. The number of hydrogen-bond donors (Lipinski definition) is 1. The van der Waals surface area contributed by atoms with E-state index in [-0.39, 0.29) is 5.78 Å². The molecule has 0 saturated carbocycles. The van der Waals surface area contributed by atoms with Crippen molar-refractivity contribution in [3.05, 3.63) is 76.0 Å². The Morgan fingerprint density at radius 2 is 1.67 bits per heavy atom. The van der Waals surface area contributed by atoms with Crippen LogP contribution >= 0.6 is 22.6 Å². The maximum Gasteiger partial charge on any atom is 0.187 e. The van der Waals surface area contributed by atoms with Crippen LogP contribution in [0.3, 0.4) is 0 Å². The van der Waals surface area contributed by atoms with Gasteiger partial charge in [-0.15, -0.1) is 0 Å². The van der Waals surface area contributed by atoms with E-state index in [9.17, 15) is 4.79 Å². The normalized spacial score (nSPS) is 10.5. The topological polar surface area (TPSA) is 29.1 Å². The molecule has 0 aliphatic heterocycles. The van der Waals surface area contributed by atoms with Gasteiger partial charge in [0.15, 0.2) is 5.78 Å². The van der Waals surface area contributed by atoms with Crippen molar-refractivity contribution < 1.29 is 4.79 Å². The van der Waals surface area contributed by atoms with E-state index < -0.39 is 0 Å². The van der Waals surface area contributed by atoms with Gasteiger partial charge in [0.1, 0.15) is 0 Å². The largest absolute Gasteiger partial charge is 0.361 e. The second-order valence-corrected chi connectivity index (χ2v) is 4.85. The SMILES string of the molecule is O=C(/C=C/Nc1ccccc1I)c1ccccc1. The summed E-state index contributed by atoms with van der Waals surface area (Å²) in [5.74, 6) is -0.00552. The predicted molar refractivity (Wildman–Crippen MR) is 82.7 cm³/mol. The molecule has 0 amide bonds. The third-order valence-corrected chi connectivity index (χ3v) is 3.35. The summed E-state index contributed by atoms with van der Waals surface area (Å²) in [7, 11) is 0. The highest BCUT2D eigenvalue weighted by Gasteiger charge is 1.99. The highest BCUT2D eigenvalue weighted by atomic mass is 127. The van der Waals surface area contributed by atoms with Gasteiger partial charge in [-0.3, -0.25) is 4.79 Å². The summed E-state index contributed by atoms with van der Waals surface area (Å²) < 4.78 is 1.12. The van der Waals surface area contributed by atoms with E-state index in [4.69, 9.17) is 0 Å². The standard InChI is InChI=1S/C15H12INO/c16-13-8-4-5-9-14(13)17-11-10-15(18)12-6-2-1-3-7-12/h1-11,17H/b11-10+. The fourth-order valence-corrected chi connectivity index (χ4v) is 2.03. The van der Waals surface area contributed by atoms with Gasteiger partial charge in [0.25, 0.3) is 0 Å². The Morgan fingerprint density at radius 1 is 1.00 bits per heavy atom. The lowest BCUT2D eigenvalue weighted by atomic mass is 10.1. The second-order valence-electron chi connectivity index (χ2n) is 3.69. The average molecular weight is 349 g/mol. The molecule has 2 nitrogen and oxygen atoms in total. The van der Waals surface area contributed by atoms with Gasteiger partial charge >= 0.3 is 0 Å². The summed E-state index contributed by atoms with van der Waals surface area (Å²) in [5, 5.41) is 3.10. The van der Waals surface area contributed by atoms with Crippen LogP contribution < -0.4 is 5.32 Å². The van der Waals surface area contributed by atoms with E-state index in [2.05, 4.69) is 27.9 Å². The summed E-state index contributed by atoms with van der Waals surface area (Å²) in [5.41, 5.74) is 1.69. The fourth-order valence-electron chi connectivity index (χ4n) is 1.48. The molecule has 0 radical (unpaired) electrons. The molecule has 0 fully saturated rings. The molecular formula is C15H12INO. The van der Waals surface area contributed by atoms with E-state index in [1.807, 2.05) is 42.5 Å². The van der Waals surface area contributed by atoms with Crippen molar-refractivity contribution in [2.45, 2.75) is 0 Å². The van der Waals surface area contributed by atoms with E-state index in [0.29, 0.717) is 5.56 Å². The van der Waals surface area contributed by atoms with Gasteiger partial charge in [0.05, 0.1) is 5.69 Å². The number of nitrogens with one attached hydrogen (secondary N) is 1. The van der Waals surface area contributed by atoms with Crippen LogP contribution in [0.1, 0.15) is 10.4 Å². The van der Waals surface area contributed by atoms with Crippen molar-refractivity contribution in [3.8, 4) is 0 Å². The molecular weight excluding hydrogens is 337 g/mol. The zero-order valence-electron chi connectivity index (χ0n) is 9.64. The number of hydrogen-bond acceptors (Lipinski definition) is 2. The number of carbonyl (C=O) groups excluding carboxylic acids is 1. The molecule has 90 valence electrons. The molecule has 0 spiro atoms. The molecule has 18 heavy (non-hydrogen) atoms. The highest BCUT2D eigenvalue weighted by molar-refractivity contribution is 14.1. The van der Waals surface area contributed by atoms with Crippen molar-refractivity contribution in [2.24, 2.45) is 0 Å². The molecule has 2 rings (SSSR count). The number of anilines is 1. The van der Waals surface area contributed by atoms with Gasteiger partial charge in [-0.1, -0.05) is 42.5 Å². The van der Waals surface area contributed by atoms with Crippen LogP contribution in [-0.2, 0) is 0 Å². The molecule has 0 atom stereocenters. The van der Waals surface area contributed by atoms with E-state index in [1.165, 1.54) is 0 Å². The number of benzene rings is 2. The zero-order valence-corrected chi connectivity index (χ0v) is 11.8. The number of rotatable bonds is 4. The quantitative estimate of drug-likeness (QED) is 0.512. The molecule has 0 heterocycles. The molecule has 0 aliphatic carbocycles. The summed E-state index contributed by atoms with van der Waals surface area (Å²) >= 11 is 2.25. The lowest BCUT2D eigenvalue weighted by Crippen LogP contribution is -1.96. The van der Waals surface area contributed by atoms with E-state index >= 15 is 0 Å². The maximum atomic E-state index is 11.8. The molecule has 0 saturated heterocycles. The van der Waals surface area contributed by atoms with Gasteiger partial charge in [-0.2, -0.15) is 0 Å². The molecule has 1 N–H and O–H groups in total. The first-order chi connectivity index (χ1) is 8.77. The van der Waals surface area contributed by atoms with Crippen LogP contribution in [0.2, 0.25) is 0 Å². The Kier molecular flexibility index (Phi) is 4.52. The van der Waals surface area contributed by atoms with Crippen molar-refractivity contribution >= 4 is 34.1 Å². The third-order valence-electron chi connectivity index (χ3n) is 2.41. The minimum Gasteiger partial charge on any atom is -0.361 e. The zero-order chi connectivity index (χ0) is 12.8. The molecule has 0 aliphatic rings. The monoisotopic (exact) mass is 349 g/mol. The van der Waals surface area contributed by atoms with Gasteiger partial charge < -0.3 is 5.32 Å². The van der Waals surface area contributed by atoms with Crippen LogP contribution in [0.4, 0.5) is 5.69 Å². The molecule has 2 aromatic rings. The summed E-state index contributed by atoms with van der Waals surface area (Å²) in [6, 6.07) is 17.1. The van der Waals surface area contributed by atoms with Crippen molar-refractivity contribution in [2.75, 3.05) is 5.32 Å². The number of allylic oxidation sites excluding steroid dienone is 1. The minimum atomic E-state index is -0.00552. The van der Waals surface area contributed by atoms with E-state index in [1.54, 1.807) is 24.4 Å². The lowest BCUT2D eigenvalue weighted by molar-refractivity contribution is 0.104. The number of halogens is 1. The molecule has 2 aromatic carbocycles. The van der Waals surface area contributed by atoms with Gasteiger partial charge in [-0.05, 0) is 34.7 Å². The highest BCUT2D eigenvalue weighted by Crippen LogP contribution is 2.16. The van der Waals surface area contributed by atoms with Gasteiger partial charge in [-0.25, -0.2) is 0 Å². The first-order valence-corrected chi connectivity index (χ1v) is 6.62. The van der Waals surface area contributed by atoms with Crippen LogP contribution in [-0.4, -0.2) is 5.78 Å².